The van der Waals surface area contributed by atoms with Gasteiger partial charge in [-0.15, -0.1) is 94.1 Å². The highest BCUT2D eigenvalue weighted by atomic mass is 32.2. The van der Waals surface area contributed by atoms with Gasteiger partial charge in [0.15, 0.2) is 0 Å². The van der Waals surface area contributed by atoms with E-state index >= 15 is 0 Å². The number of carboxylic acids is 16. The van der Waals surface area contributed by atoms with Gasteiger partial charge in [-0.05, 0) is 46.0 Å². The van der Waals surface area contributed by atoms with Gasteiger partial charge in [-0.2, -0.15) is 0 Å². The summed E-state index contributed by atoms with van der Waals surface area (Å²) in [5.41, 5.74) is 0. The molecule has 16 N–H and O–H groups in total. The van der Waals surface area contributed by atoms with Crippen LogP contribution in [-0.4, -0.2) is 336 Å². The minimum atomic E-state index is -5.84. The molecule has 608 valence electrons. The molecule has 0 saturated carbocycles. The van der Waals surface area contributed by atoms with Crippen molar-refractivity contribution in [1.29, 1.82) is 0 Å². The molecule has 8 bridgehead atoms. The second kappa shape index (κ2) is 41.6. The van der Waals surface area contributed by atoms with Crippen molar-refractivity contribution in [3.63, 3.8) is 0 Å². The lowest BCUT2D eigenvalue weighted by Crippen LogP contribution is -2.88. The molecule has 0 aliphatic carbocycles. The first-order valence-corrected chi connectivity index (χ1v) is 55.0. The quantitative estimate of drug-likeness (QED) is 0.0379. The van der Waals surface area contributed by atoms with E-state index in [-0.39, 0.29) is 0 Å². The zero-order valence-corrected chi connectivity index (χ0v) is 70.0. The maximum Gasteiger partial charge on any atom is 0.479 e. The second-order valence-electron chi connectivity index (χ2n) is 23.1. The number of hydrogen-bond donors (Lipinski definition) is 16. The number of rotatable bonds is 56. The normalized spacial score (nSPS) is 27.7. The largest absolute Gasteiger partial charge is 0.481 e. The van der Waals surface area contributed by atoms with E-state index in [9.17, 15) is 158 Å². The topological polar surface area (TPSA) is 708 Å². The maximum absolute atomic E-state index is 12.8. The van der Waals surface area contributed by atoms with Crippen LogP contribution in [0.15, 0.2) is 0 Å². The Morgan fingerprint density at radius 3 is 0.324 bits per heavy atom. The van der Waals surface area contributed by atoms with Crippen LogP contribution in [0.25, 0.3) is 0 Å². The average molecular weight is 1830 g/mol. The van der Waals surface area contributed by atoms with Crippen molar-refractivity contribution < 1.29 is 208 Å². The minimum absolute atomic E-state index is 0.378. The van der Waals surface area contributed by atoms with Gasteiger partial charge in [0.1, 0.15) is 42.0 Å². The SMILES string of the molecule is O=C(O)CC(SCC[Si]12O[Si]3(CCSC(CC(=O)O)C(=O)O)O[Si]4(CCSC(CC(=O)O)C(=O)O)O[Si](CCSC(CC(=O)O)C(=O)O)(O1)O[Si]1(CCSC(CC(=O)O)C(=O)O)O[Si](CCSC(CC(=O)O)C(=O)O)(O2)O[Si](CCSC(CC(=O)O)C(=O)O)(O3)O[Si](CCSC(CC(=O)O)C(=O)O)(O4)O1)C(=O)O. The zero-order valence-electron chi connectivity index (χ0n) is 55.4. The van der Waals surface area contributed by atoms with E-state index < -0.39 is 354 Å². The molecule has 6 aliphatic heterocycles. The summed E-state index contributed by atoms with van der Waals surface area (Å²) in [6.07, 6.45) is -8.86. The number of carboxylic acid groups (broad SMARTS) is 16. The number of carbonyl (C=O) groups is 16. The Labute approximate surface area is 651 Å². The summed E-state index contributed by atoms with van der Waals surface area (Å²) in [6, 6.07) is -7.43. The lowest BCUT2D eigenvalue weighted by Gasteiger charge is -2.63. The van der Waals surface area contributed by atoms with Crippen molar-refractivity contribution >= 4 is 260 Å². The van der Waals surface area contributed by atoms with Crippen molar-refractivity contribution in [1.82, 2.24) is 0 Å². The molecular formula is C48H72O44S8Si8. The van der Waals surface area contributed by atoms with Crippen molar-refractivity contribution in [2.24, 2.45) is 0 Å². The van der Waals surface area contributed by atoms with Crippen molar-refractivity contribution in [2.45, 2.75) is 142 Å². The summed E-state index contributed by atoms with van der Waals surface area (Å²) < 4.78 is 88.6. The van der Waals surface area contributed by atoms with Crippen LogP contribution in [-0.2, 0) is 126 Å². The molecule has 0 amide bonds. The summed E-state index contributed by atoms with van der Waals surface area (Å²) in [5, 5.41) is 147. The second-order valence-corrected chi connectivity index (χ2v) is 58.3. The van der Waals surface area contributed by atoms with E-state index in [1.807, 2.05) is 0 Å². The molecule has 0 aromatic heterocycles. The van der Waals surface area contributed by atoms with E-state index in [0.29, 0.717) is 94.1 Å². The molecule has 0 aromatic carbocycles. The molecule has 6 saturated heterocycles. The fourth-order valence-corrected chi connectivity index (χ4v) is 73.0. The summed E-state index contributed by atoms with van der Waals surface area (Å²) in [4.78, 5) is 201. The molecule has 8 unspecified atom stereocenters. The molecule has 8 atom stereocenters. The Morgan fingerprint density at radius 2 is 0.259 bits per heavy atom. The monoisotopic (exact) mass is 1830 g/mol. The first-order valence-electron chi connectivity index (χ1n) is 31.2. The molecule has 60 heteroatoms. The van der Waals surface area contributed by atoms with E-state index in [1.54, 1.807) is 0 Å². The van der Waals surface area contributed by atoms with Gasteiger partial charge in [-0.3, -0.25) is 76.7 Å². The van der Waals surface area contributed by atoms with Crippen molar-refractivity contribution in [3.8, 4) is 0 Å². The number of hydrogen-bond acceptors (Lipinski definition) is 36. The van der Waals surface area contributed by atoms with Crippen LogP contribution in [0.1, 0.15) is 51.4 Å². The maximum atomic E-state index is 12.8. The molecule has 0 aromatic rings. The zero-order chi connectivity index (χ0) is 81.0. The Hall–Kier alpha value is -4.42. The van der Waals surface area contributed by atoms with E-state index in [1.165, 1.54) is 0 Å². The van der Waals surface area contributed by atoms with Gasteiger partial charge in [0.05, 0.1) is 51.4 Å². The molecule has 0 spiro atoms. The fourth-order valence-electron chi connectivity index (χ4n) is 10.2. The van der Waals surface area contributed by atoms with E-state index in [2.05, 4.69) is 0 Å². The summed E-state index contributed by atoms with van der Waals surface area (Å²) >= 11 is 3.03. The number of thioether (sulfide) groups is 8. The van der Waals surface area contributed by atoms with Crippen molar-refractivity contribution in [3.05, 3.63) is 0 Å². The Bertz CT molecular complexity index is 2670. The van der Waals surface area contributed by atoms with Gasteiger partial charge >= 0.3 is 166 Å². The molecule has 6 rings (SSSR count). The molecule has 0 radical (unpaired) electrons. The molecule has 108 heavy (non-hydrogen) atoms. The third-order valence-electron chi connectivity index (χ3n) is 14.6. The third kappa shape index (κ3) is 29.2. The fraction of sp³-hybridized carbons (Fsp3) is 0.667. The van der Waals surface area contributed by atoms with Crippen LogP contribution < -0.4 is 0 Å². The van der Waals surface area contributed by atoms with E-state index in [0.717, 1.165) is 0 Å². The Morgan fingerprint density at radius 1 is 0.176 bits per heavy atom. The van der Waals surface area contributed by atoms with Crippen LogP contribution in [0.2, 0.25) is 48.4 Å². The van der Waals surface area contributed by atoms with Crippen LogP contribution in [0.5, 0.6) is 0 Å². The third-order valence-corrected chi connectivity index (χ3v) is 64.0. The summed E-state index contributed by atoms with van der Waals surface area (Å²) in [6.45, 7) is 0. The Balaban J connectivity index is 2.13. The summed E-state index contributed by atoms with van der Waals surface area (Å²) in [5.74, 6) is -32.9. The van der Waals surface area contributed by atoms with Gasteiger partial charge in [0.2, 0.25) is 0 Å². The molecule has 6 heterocycles. The molecule has 6 aliphatic rings. The van der Waals surface area contributed by atoms with Gasteiger partial charge in [-0.1, -0.05) is 0 Å². The van der Waals surface area contributed by atoms with Crippen LogP contribution >= 0.6 is 94.1 Å². The first-order chi connectivity index (χ1) is 50.3. The van der Waals surface area contributed by atoms with Gasteiger partial charge in [-0.25, -0.2) is 0 Å². The van der Waals surface area contributed by atoms with Gasteiger partial charge in [0.25, 0.3) is 0 Å². The van der Waals surface area contributed by atoms with Crippen LogP contribution in [0.3, 0.4) is 0 Å². The number of aliphatic carboxylic acids is 16. The average Bonchev–Trinajstić information content (AvgIpc) is 0.687. The smallest absolute Gasteiger partial charge is 0.479 e. The summed E-state index contributed by atoms with van der Waals surface area (Å²) in [7, 11) is -46.7. The molecular weight excluding hydrogens is 1760 g/mol. The van der Waals surface area contributed by atoms with Crippen LogP contribution in [0, 0.1) is 0 Å². The molecule has 44 nitrogen and oxygen atoms in total. The standard InChI is InChI=1S/C48H72O44S8Si8/c49-33(50)17-25(41(65)66)93-1-9-101-81-102(10-2-94-26(42(67)68)18-34(51)52)84-105(13-5-97-29(45(73)74)21-37(57)58)86-103(82-101,11-3-95-27(43(69)70)19-35(53)54)88-107(15-7-99-31(47(77)78)23-39(61)62)89-104(83-101,12-4-96-28(44(71)72)20-36(55)56)87-106(85-102,14-6-98-30(46(75)76)22-38(59)60)91-108(90-105,92-107)16-8-100-32(48(79)80)24-40(63)64/h25-32H,1-24H2,(H,49,50)(H,51,52)(H,53,54)(H,55,56)(H,57,58)(H,59,60)(H,61,62)(H,63,64)(H,65,66)(H,67,68)(H,69,70)(H,71,72)(H,73,74)(H,75,76)(H,77,78)(H,79,80). The minimum Gasteiger partial charge on any atom is -0.481 e. The van der Waals surface area contributed by atoms with Crippen LogP contribution in [0.4, 0.5) is 0 Å². The van der Waals surface area contributed by atoms with E-state index in [4.69, 9.17) is 49.4 Å². The lowest BCUT2D eigenvalue weighted by atomic mass is 10.3. The van der Waals surface area contributed by atoms with Crippen molar-refractivity contribution in [2.75, 3.05) is 46.0 Å². The highest BCUT2D eigenvalue weighted by molar-refractivity contribution is 8.02. The predicted octanol–water partition coefficient (Wildman–Crippen LogP) is 1.05. The highest BCUT2D eigenvalue weighted by Gasteiger charge is 2.83. The van der Waals surface area contributed by atoms with Gasteiger partial charge < -0.3 is 131 Å². The highest BCUT2D eigenvalue weighted by Crippen LogP contribution is 2.55. The van der Waals surface area contributed by atoms with Gasteiger partial charge in [0, 0.05) is 48.4 Å². The lowest BCUT2D eigenvalue weighted by molar-refractivity contribution is -0.142. The Kier molecular flexibility index (Phi) is 36.2. The molecule has 6 fully saturated rings. The predicted molar refractivity (Wildman–Crippen MR) is 387 cm³/mol. The first kappa shape index (κ1) is 94.2.